The topological polar surface area (TPSA) is 39.1 Å². The summed E-state index contributed by atoms with van der Waals surface area (Å²) in [6.45, 7) is 7.44. The molecule has 0 amide bonds. The highest BCUT2D eigenvalue weighted by Crippen LogP contribution is 2.20. The second-order valence-corrected chi connectivity index (χ2v) is 6.02. The molecule has 2 rings (SSSR count). The maximum atomic E-state index is 12.5. The van der Waals surface area contributed by atoms with Crippen LogP contribution < -0.4 is 0 Å². The molecular formula is C14H15NO2S. The van der Waals surface area contributed by atoms with Gasteiger partial charge in [-0.15, -0.1) is 0 Å². The molecular weight excluding hydrogens is 246 g/mol. The first-order valence-corrected chi connectivity index (χ1v) is 7.03. The summed E-state index contributed by atoms with van der Waals surface area (Å²) in [6.07, 6.45) is 3.11. The summed E-state index contributed by atoms with van der Waals surface area (Å²) in [5, 5.41) is 0. The van der Waals surface area contributed by atoms with E-state index in [1.807, 2.05) is 13.8 Å². The molecule has 0 atom stereocenters. The van der Waals surface area contributed by atoms with Crippen molar-refractivity contribution in [1.82, 2.24) is 3.97 Å². The molecule has 4 heteroatoms. The van der Waals surface area contributed by atoms with Crippen LogP contribution in [0, 0.1) is 13.8 Å². The standard InChI is InChI=1S/C14H15NO2S/c1-4-14-12(3)9-10-15(14)18(16,17)13-7-5-11(2)6-8-13/h4-10H,1H2,2-3H3. The van der Waals surface area contributed by atoms with Gasteiger partial charge in [-0.3, -0.25) is 0 Å². The van der Waals surface area contributed by atoms with Crippen molar-refractivity contribution in [2.75, 3.05) is 0 Å². The quantitative estimate of drug-likeness (QED) is 0.852. The predicted octanol–water partition coefficient (Wildman–Crippen LogP) is 2.98. The summed E-state index contributed by atoms with van der Waals surface area (Å²) < 4.78 is 26.2. The van der Waals surface area contributed by atoms with Crippen molar-refractivity contribution in [3.8, 4) is 0 Å². The average Bonchev–Trinajstić information content (AvgIpc) is 2.71. The number of hydrogen-bond acceptors (Lipinski definition) is 2. The van der Waals surface area contributed by atoms with Gasteiger partial charge >= 0.3 is 0 Å². The van der Waals surface area contributed by atoms with E-state index in [2.05, 4.69) is 6.58 Å². The van der Waals surface area contributed by atoms with Crippen LogP contribution in [0.2, 0.25) is 0 Å². The number of aromatic nitrogens is 1. The Morgan fingerprint density at radius 1 is 1.11 bits per heavy atom. The lowest BCUT2D eigenvalue weighted by atomic mass is 10.2. The van der Waals surface area contributed by atoms with Gasteiger partial charge in [-0.25, -0.2) is 12.4 Å². The van der Waals surface area contributed by atoms with E-state index in [1.165, 1.54) is 3.97 Å². The largest absolute Gasteiger partial charge is 0.268 e. The summed E-state index contributed by atoms with van der Waals surface area (Å²) in [5.41, 5.74) is 2.53. The van der Waals surface area contributed by atoms with Gasteiger partial charge in [0.1, 0.15) is 0 Å². The SMILES string of the molecule is C=Cc1c(C)ccn1S(=O)(=O)c1ccc(C)cc1. The van der Waals surface area contributed by atoms with Crippen LogP contribution in [0.4, 0.5) is 0 Å². The van der Waals surface area contributed by atoms with Crippen LogP contribution in [0.15, 0.2) is 48.0 Å². The molecule has 1 aromatic heterocycles. The third-order valence-corrected chi connectivity index (χ3v) is 4.58. The molecule has 94 valence electrons. The molecule has 0 saturated carbocycles. The monoisotopic (exact) mass is 261 g/mol. The normalized spacial score (nSPS) is 11.4. The molecule has 0 bridgehead atoms. The van der Waals surface area contributed by atoms with E-state index in [0.29, 0.717) is 5.69 Å². The minimum absolute atomic E-state index is 0.284. The highest BCUT2D eigenvalue weighted by Gasteiger charge is 2.19. The molecule has 0 unspecified atom stereocenters. The van der Waals surface area contributed by atoms with E-state index in [1.54, 1.807) is 42.6 Å². The smallest absolute Gasteiger partial charge is 0.242 e. The van der Waals surface area contributed by atoms with Gasteiger partial charge in [0.15, 0.2) is 0 Å². The number of benzene rings is 1. The van der Waals surface area contributed by atoms with Crippen LogP contribution in [-0.4, -0.2) is 12.4 Å². The van der Waals surface area contributed by atoms with Gasteiger partial charge in [0.05, 0.1) is 10.6 Å². The summed E-state index contributed by atoms with van der Waals surface area (Å²) in [6, 6.07) is 8.58. The summed E-state index contributed by atoms with van der Waals surface area (Å²) in [5.74, 6) is 0. The van der Waals surface area contributed by atoms with Crippen molar-refractivity contribution in [3.63, 3.8) is 0 Å². The second kappa shape index (κ2) is 4.46. The van der Waals surface area contributed by atoms with Crippen LogP contribution in [0.1, 0.15) is 16.8 Å². The Kier molecular flexibility index (Phi) is 3.13. The molecule has 0 N–H and O–H groups in total. The van der Waals surface area contributed by atoms with E-state index in [4.69, 9.17) is 0 Å². The molecule has 0 fully saturated rings. The number of rotatable bonds is 3. The van der Waals surface area contributed by atoms with Crippen LogP contribution in [0.5, 0.6) is 0 Å². The Morgan fingerprint density at radius 3 is 2.28 bits per heavy atom. The highest BCUT2D eigenvalue weighted by atomic mass is 32.2. The lowest BCUT2D eigenvalue weighted by Crippen LogP contribution is -2.13. The fraction of sp³-hybridized carbons (Fsp3) is 0.143. The molecule has 0 spiro atoms. The first-order valence-electron chi connectivity index (χ1n) is 5.59. The Bertz CT molecular complexity index is 679. The first-order chi connectivity index (χ1) is 8.46. The predicted molar refractivity (Wildman–Crippen MR) is 73.0 cm³/mol. The van der Waals surface area contributed by atoms with Gasteiger partial charge in [0.25, 0.3) is 10.0 Å². The van der Waals surface area contributed by atoms with Crippen molar-refractivity contribution in [3.05, 3.63) is 59.9 Å². The molecule has 18 heavy (non-hydrogen) atoms. The maximum Gasteiger partial charge on any atom is 0.268 e. The van der Waals surface area contributed by atoms with Gasteiger partial charge in [0.2, 0.25) is 0 Å². The Balaban J connectivity index is 2.61. The van der Waals surface area contributed by atoms with Gasteiger partial charge in [-0.05, 0) is 43.7 Å². The molecule has 1 aromatic carbocycles. The first kappa shape index (κ1) is 12.6. The van der Waals surface area contributed by atoms with Gasteiger partial charge in [-0.2, -0.15) is 0 Å². The molecule has 0 radical (unpaired) electrons. The zero-order valence-corrected chi connectivity index (χ0v) is 11.2. The molecule has 2 aromatic rings. The summed E-state index contributed by atoms with van der Waals surface area (Å²) in [4.78, 5) is 0.284. The van der Waals surface area contributed by atoms with Gasteiger partial charge in [0, 0.05) is 6.20 Å². The van der Waals surface area contributed by atoms with Crippen LogP contribution in [0.3, 0.4) is 0 Å². The second-order valence-electron chi connectivity index (χ2n) is 4.20. The van der Waals surface area contributed by atoms with Gasteiger partial charge in [-0.1, -0.05) is 24.3 Å². The average molecular weight is 261 g/mol. The van der Waals surface area contributed by atoms with Crippen molar-refractivity contribution in [2.45, 2.75) is 18.7 Å². The lowest BCUT2D eigenvalue weighted by molar-refractivity contribution is 0.587. The molecule has 0 aliphatic rings. The molecule has 3 nitrogen and oxygen atoms in total. The third-order valence-electron chi connectivity index (χ3n) is 2.87. The molecule has 0 saturated heterocycles. The van der Waals surface area contributed by atoms with E-state index < -0.39 is 10.0 Å². The van der Waals surface area contributed by atoms with E-state index in [9.17, 15) is 8.42 Å². The molecule has 0 aliphatic carbocycles. The fourth-order valence-electron chi connectivity index (χ4n) is 1.80. The number of nitrogens with zero attached hydrogens (tertiary/aromatic N) is 1. The number of hydrogen-bond donors (Lipinski definition) is 0. The highest BCUT2D eigenvalue weighted by molar-refractivity contribution is 7.90. The third kappa shape index (κ3) is 1.99. The minimum atomic E-state index is -3.53. The van der Waals surface area contributed by atoms with Gasteiger partial charge < -0.3 is 0 Å². The Hall–Kier alpha value is -1.81. The van der Waals surface area contributed by atoms with Crippen LogP contribution >= 0.6 is 0 Å². The Labute approximate surface area is 107 Å². The van der Waals surface area contributed by atoms with Crippen LogP contribution in [0.25, 0.3) is 6.08 Å². The van der Waals surface area contributed by atoms with E-state index in [0.717, 1.165) is 11.1 Å². The van der Waals surface area contributed by atoms with Crippen molar-refractivity contribution in [2.24, 2.45) is 0 Å². The van der Waals surface area contributed by atoms with Crippen molar-refractivity contribution >= 4 is 16.1 Å². The maximum absolute atomic E-state index is 12.5. The summed E-state index contributed by atoms with van der Waals surface area (Å²) in [7, 11) is -3.53. The molecule has 1 heterocycles. The fourth-order valence-corrected chi connectivity index (χ4v) is 3.21. The lowest BCUT2D eigenvalue weighted by Gasteiger charge is -2.09. The minimum Gasteiger partial charge on any atom is -0.242 e. The Morgan fingerprint density at radius 2 is 1.72 bits per heavy atom. The van der Waals surface area contributed by atoms with Crippen LogP contribution in [-0.2, 0) is 10.0 Å². The summed E-state index contributed by atoms with van der Waals surface area (Å²) >= 11 is 0. The van der Waals surface area contributed by atoms with E-state index >= 15 is 0 Å². The molecule has 0 aliphatic heterocycles. The van der Waals surface area contributed by atoms with Crippen molar-refractivity contribution in [1.29, 1.82) is 0 Å². The zero-order valence-electron chi connectivity index (χ0n) is 10.4. The zero-order chi connectivity index (χ0) is 13.3. The van der Waals surface area contributed by atoms with E-state index in [-0.39, 0.29) is 4.90 Å². The van der Waals surface area contributed by atoms with Crippen molar-refractivity contribution < 1.29 is 8.42 Å². The number of aryl methyl sites for hydroxylation is 2.